The van der Waals surface area contributed by atoms with Gasteiger partial charge in [0.2, 0.25) is 0 Å². The average Bonchev–Trinajstić information content (AvgIpc) is 3.66. The fourth-order valence-electron chi connectivity index (χ4n) is 6.75. The molecule has 0 N–H and O–H groups in total. The minimum atomic E-state index is 0.547. The van der Waals surface area contributed by atoms with E-state index in [0.717, 1.165) is 55.3 Å². The Morgan fingerprint density at radius 1 is 0.321 bits per heavy atom. The topological polar surface area (TPSA) is 99.7 Å². The predicted octanol–water partition coefficient (Wildman–Crippen LogP) is 11.8. The number of nitrogens with zero attached hydrogens (tertiary/aromatic N) is 6. The van der Waals surface area contributed by atoms with Gasteiger partial charge in [-0.25, -0.2) is 29.9 Å². The summed E-state index contributed by atoms with van der Waals surface area (Å²) < 4.78 is 12.6. The van der Waals surface area contributed by atoms with Crippen molar-refractivity contribution in [3.8, 4) is 79.8 Å². The first-order valence-corrected chi connectivity index (χ1v) is 18.2. The molecule has 56 heavy (non-hydrogen) atoms. The Kier molecular flexibility index (Phi) is 8.31. The highest BCUT2D eigenvalue weighted by atomic mass is 16.5. The molecule has 0 radical (unpaired) electrons. The lowest BCUT2D eigenvalue weighted by Gasteiger charge is -2.11. The fourth-order valence-corrected chi connectivity index (χ4v) is 6.75. The molecule has 0 atom stereocenters. The van der Waals surface area contributed by atoms with Gasteiger partial charge in [-0.05, 0) is 48.5 Å². The molecule has 8 heteroatoms. The van der Waals surface area contributed by atoms with Crippen LogP contribution in [0.5, 0.6) is 11.5 Å². The van der Waals surface area contributed by atoms with Crippen LogP contribution in [-0.4, -0.2) is 29.9 Å². The standard InChI is InChI=1S/C48H30N6O2/c1-4-14-31(15-5-1)43-49-44(32-16-6-2-7-17-32)52-47(51-43)35-20-12-21-37(30-35)55-36-28-26-34(27-29-36)46-50-45(33-18-8-3-9-19-33)53-48(54-46)39-23-13-25-41-42(39)38-22-10-11-24-40(38)56-41/h1-30H. The van der Waals surface area contributed by atoms with E-state index in [1.807, 2.05) is 176 Å². The molecule has 0 saturated heterocycles. The van der Waals surface area contributed by atoms with Crippen LogP contribution >= 0.6 is 0 Å². The molecule has 0 aliphatic rings. The first-order chi connectivity index (χ1) is 27.7. The monoisotopic (exact) mass is 722 g/mol. The predicted molar refractivity (Wildman–Crippen MR) is 220 cm³/mol. The molecule has 8 nitrogen and oxygen atoms in total. The van der Waals surface area contributed by atoms with E-state index < -0.39 is 0 Å². The Morgan fingerprint density at radius 3 is 1.36 bits per heavy atom. The molecule has 0 bridgehead atoms. The van der Waals surface area contributed by atoms with E-state index in [1.165, 1.54) is 0 Å². The molecule has 0 unspecified atom stereocenters. The summed E-state index contributed by atoms with van der Waals surface area (Å²) in [5, 5.41) is 1.98. The third-order valence-corrected chi connectivity index (χ3v) is 9.45. The molecule has 264 valence electrons. The largest absolute Gasteiger partial charge is 0.457 e. The maximum absolute atomic E-state index is 6.39. The molecule has 0 saturated carbocycles. The minimum absolute atomic E-state index is 0.547. The molecular formula is C48H30N6O2. The van der Waals surface area contributed by atoms with Crippen LogP contribution in [0.25, 0.3) is 90.3 Å². The maximum atomic E-state index is 6.39. The lowest BCUT2D eigenvalue weighted by atomic mass is 10.1. The van der Waals surface area contributed by atoms with Crippen LogP contribution < -0.4 is 4.74 Å². The second kappa shape index (κ2) is 14.2. The summed E-state index contributed by atoms with van der Waals surface area (Å²) in [4.78, 5) is 29.5. The number of ether oxygens (including phenoxy) is 1. The number of hydrogen-bond acceptors (Lipinski definition) is 8. The van der Waals surface area contributed by atoms with Crippen molar-refractivity contribution in [2.75, 3.05) is 0 Å². The number of rotatable bonds is 8. The summed E-state index contributed by atoms with van der Waals surface area (Å²) >= 11 is 0. The van der Waals surface area contributed by atoms with Crippen LogP contribution in [0.4, 0.5) is 0 Å². The van der Waals surface area contributed by atoms with Crippen molar-refractivity contribution >= 4 is 21.9 Å². The number of benzene rings is 7. The zero-order valence-electron chi connectivity index (χ0n) is 29.8. The van der Waals surface area contributed by atoms with Crippen molar-refractivity contribution in [2.45, 2.75) is 0 Å². The van der Waals surface area contributed by atoms with Crippen LogP contribution in [0.3, 0.4) is 0 Å². The molecule has 3 aromatic heterocycles. The van der Waals surface area contributed by atoms with Crippen LogP contribution in [0.2, 0.25) is 0 Å². The normalized spacial score (nSPS) is 11.2. The van der Waals surface area contributed by atoms with Gasteiger partial charge in [0.05, 0.1) is 0 Å². The van der Waals surface area contributed by atoms with Gasteiger partial charge in [-0.3, -0.25) is 0 Å². The molecule has 3 heterocycles. The van der Waals surface area contributed by atoms with Gasteiger partial charge in [-0.1, -0.05) is 133 Å². The minimum Gasteiger partial charge on any atom is -0.457 e. The number of hydrogen-bond donors (Lipinski definition) is 0. The third kappa shape index (κ3) is 6.41. The van der Waals surface area contributed by atoms with E-state index in [1.54, 1.807) is 0 Å². The highest BCUT2D eigenvalue weighted by Crippen LogP contribution is 2.37. The smallest absolute Gasteiger partial charge is 0.164 e. The van der Waals surface area contributed by atoms with E-state index in [9.17, 15) is 0 Å². The Morgan fingerprint density at radius 2 is 0.768 bits per heavy atom. The second-order valence-corrected chi connectivity index (χ2v) is 13.1. The first kappa shape index (κ1) is 32.8. The van der Waals surface area contributed by atoms with Crippen LogP contribution in [0, 0.1) is 0 Å². The fraction of sp³-hybridized carbons (Fsp3) is 0. The van der Waals surface area contributed by atoms with Crippen molar-refractivity contribution in [3.05, 3.63) is 182 Å². The van der Waals surface area contributed by atoms with Crippen LogP contribution in [-0.2, 0) is 0 Å². The summed E-state index contributed by atoms with van der Waals surface area (Å²) in [5.41, 5.74) is 6.82. The maximum Gasteiger partial charge on any atom is 0.164 e. The van der Waals surface area contributed by atoms with Gasteiger partial charge >= 0.3 is 0 Å². The molecule has 10 rings (SSSR count). The summed E-state index contributed by atoms with van der Waals surface area (Å²) in [6, 6.07) is 59.4. The summed E-state index contributed by atoms with van der Waals surface area (Å²) in [5.74, 6) is 4.74. The molecule has 7 aromatic carbocycles. The number of aromatic nitrogens is 6. The van der Waals surface area contributed by atoms with E-state index >= 15 is 0 Å². The van der Waals surface area contributed by atoms with Gasteiger partial charge in [0.25, 0.3) is 0 Å². The lowest BCUT2D eigenvalue weighted by Crippen LogP contribution is -2.00. The summed E-state index contributed by atoms with van der Waals surface area (Å²) in [6.07, 6.45) is 0. The SMILES string of the molecule is c1ccc(-c2nc(-c3ccccc3)nc(-c3cccc(Oc4ccc(-c5nc(-c6ccccc6)nc(-c6cccc7oc8ccccc8c67)n5)cc4)c3)n2)cc1. The zero-order chi connectivity index (χ0) is 37.3. The average molecular weight is 723 g/mol. The van der Waals surface area contributed by atoms with Crippen molar-refractivity contribution < 1.29 is 9.15 Å². The first-order valence-electron chi connectivity index (χ1n) is 18.2. The molecule has 0 aliphatic carbocycles. The Balaban J connectivity index is 0.988. The zero-order valence-corrected chi connectivity index (χ0v) is 29.8. The summed E-state index contributed by atoms with van der Waals surface area (Å²) in [6.45, 7) is 0. The highest BCUT2D eigenvalue weighted by molar-refractivity contribution is 6.11. The number of fused-ring (bicyclic) bond motifs is 3. The number of furan rings is 1. The van der Waals surface area contributed by atoms with E-state index in [0.29, 0.717) is 46.4 Å². The van der Waals surface area contributed by atoms with Gasteiger partial charge in [-0.2, -0.15) is 0 Å². The van der Waals surface area contributed by atoms with E-state index in [-0.39, 0.29) is 0 Å². The van der Waals surface area contributed by atoms with Crippen molar-refractivity contribution in [1.29, 1.82) is 0 Å². The quantitative estimate of drug-likeness (QED) is 0.153. The second-order valence-electron chi connectivity index (χ2n) is 13.1. The van der Waals surface area contributed by atoms with Crippen molar-refractivity contribution in [2.24, 2.45) is 0 Å². The molecule has 0 fully saturated rings. The lowest BCUT2D eigenvalue weighted by molar-refractivity contribution is 0.483. The Hall–Kier alpha value is -7.84. The summed E-state index contributed by atoms with van der Waals surface area (Å²) in [7, 11) is 0. The molecule has 0 amide bonds. The van der Waals surface area contributed by atoms with Gasteiger partial charge in [0, 0.05) is 44.2 Å². The van der Waals surface area contributed by atoms with Gasteiger partial charge in [-0.15, -0.1) is 0 Å². The van der Waals surface area contributed by atoms with Gasteiger partial charge in [0.15, 0.2) is 34.9 Å². The Labute approximate surface area is 321 Å². The Bertz CT molecular complexity index is 2930. The number of para-hydroxylation sites is 1. The third-order valence-electron chi connectivity index (χ3n) is 9.45. The van der Waals surface area contributed by atoms with Gasteiger partial charge in [0.1, 0.15) is 22.7 Å². The molecular weight excluding hydrogens is 693 g/mol. The van der Waals surface area contributed by atoms with Crippen LogP contribution in [0.1, 0.15) is 0 Å². The molecule has 10 aromatic rings. The van der Waals surface area contributed by atoms with Gasteiger partial charge < -0.3 is 9.15 Å². The van der Waals surface area contributed by atoms with E-state index in [4.69, 9.17) is 39.1 Å². The van der Waals surface area contributed by atoms with Crippen molar-refractivity contribution in [1.82, 2.24) is 29.9 Å². The van der Waals surface area contributed by atoms with E-state index in [2.05, 4.69) is 6.07 Å². The molecule has 0 spiro atoms. The molecule has 0 aliphatic heterocycles. The highest BCUT2D eigenvalue weighted by Gasteiger charge is 2.18. The van der Waals surface area contributed by atoms with Crippen molar-refractivity contribution in [3.63, 3.8) is 0 Å². The van der Waals surface area contributed by atoms with Crippen LogP contribution in [0.15, 0.2) is 186 Å².